The molecule has 0 spiro atoms. The van der Waals surface area contributed by atoms with Crippen LogP contribution in [0.1, 0.15) is 42.2 Å². The minimum atomic E-state index is -0.316. The van der Waals surface area contributed by atoms with Crippen LogP contribution in [0.2, 0.25) is 0 Å². The Morgan fingerprint density at radius 3 is 2.63 bits per heavy atom. The molecule has 10 heteroatoms. The Balaban J connectivity index is 0.00000171. The fourth-order valence-electron chi connectivity index (χ4n) is 5.31. The summed E-state index contributed by atoms with van der Waals surface area (Å²) >= 11 is 0. The molecule has 0 radical (unpaired) electrons. The summed E-state index contributed by atoms with van der Waals surface area (Å²) in [7, 11) is 0. The third-order valence-electron chi connectivity index (χ3n) is 7.16. The first-order chi connectivity index (χ1) is 16.0. The number of ether oxygens (including phenoxy) is 1. The number of benzene rings is 2. The van der Waals surface area contributed by atoms with E-state index in [-0.39, 0.29) is 63.5 Å². The fourth-order valence-corrected chi connectivity index (χ4v) is 5.31. The fraction of sp³-hybridized carbons (Fsp3) is 0.480. The van der Waals surface area contributed by atoms with Crippen molar-refractivity contribution in [3.05, 3.63) is 53.0 Å². The molecule has 7 nitrogen and oxygen atoms in total. The van der Waals surface area contributed by atoms with Crippen LogP contribution in [-0.2, 0) is 17.6 Å². The molecule has 2 aliphatic rings. The number of hydrogen-bond acceptors (Lipinski definition) is 7. The van der Waals surface area contributed by atoms with E-state index in [1.54, 1.807) is 12.1 Å². The number of nitrogens with zero attached hydrogens (tertiary/aromatic N) is 2. The highest BCUT2D eigenvalue weighted by molar-refractivity contribution is 8.93. The Morgan fingerprint density at radius 1 is 1.11 bits per heavy atom. The number of piperidine rings is 1. The van der Waals surface area contributed by atoms with Gasteiger partial charge in [0.1, 0.15) is 5.82 Å². The summed E-state index contributed by atoms with van der Waals surface area (Å²) in [5.74, 6) is -0.0623. The SMILES string of the molecule is Br.Br.NC[C@@H]1O[C@H](C2CCN(CCCc3noc4cc(F)ccc34)CC2)Cc2c1ccc(O)c2O. The number of hydrogen-bond donors (Lipinski definition) is 3. The van der Waals surface area contributed by atoms with E-state index >= 15 is 0 Å². The number of phenols is 2. The van der Waals surface area contributed by atoms with E-state index in [2.05, 4.69) is 10.1 Å². The Labute approximate surface area is 224 Å². The lowest BCUT2D eigenvalue weighted by molar-refractivity contribution is -0.0647. The molecular weight excluding hydrogens is 585 g/mol. The first-order valence-corrected chi connectivity index (χ1v) is 11.7. The van der Waals surface area contributed by atoms with Crippen LogP contribution in [0.3, 0.4) is 0 Å². The summed E-state index contributed by atoms with van der Waals surface area (Å²) in [5, 5.41) is 25.3. The van der Waals surface area contributed by atoms with Crippen molar-refractivity contribution in [2.75, 3.05) is 26.2 Å². The predicted octanol–water partition coefficient (Wildman–Crippen LogP) is 4.82. The van der Waals surface area contributed by atoms with Gasteiger partial charge < -0.3 is 30.1 Å². The highest BCUT2D eigenvalue weighted by atomic mass is 79.9. The van der Waals surface area contributed by atoms with Crippen LogP contribution in [-0.4, -0.2) is 52.6 Å². The van der Waals surface area contributed by atoms with Crippen LogP contribution in [0.25, 0.3) is 11.0 Å². The van der Waals surface area contributed by atoms with Gasteiger partial charge in [0.25, 0.3) is 0 Å². The molecule has 0 aliphatic carbocycles. The van der Waals surface area contributed by atoms with Gasteiger partial charge in [-0.2, -0.15) is 0 Å². The third-order valence-corrected chi connectivity index (χ3v) is 7.16. The zero-order valence-corrected chi connectivity index (χ0v) is 22.8. The maximum Gasteiger partial charge on any atom is 0.170 e. The molecular formula is C25H32Br2FN3O4. The molecule has 5 rings (SSSR count). The summed E-state index contributed by atoms with van der Waals surface area (Å²) in [6.07, 6.45) is 4.11. The summed E-state index contributed by atoms with van der Waals surface area (Å²) in [5.41, 5.74) is 8.97. The van der Waals surface area contributed by atoms with Crippen molar-refractivity contribution in [2.24, 2.45) is 11.7 Å². The van der Waals surface area contributed by atoms with Gasteiger partial charge in [0.05, 0.1) is 17.9 Å². The van der Waals surface area contributed by atoms with E-state index in [0.29, 0.717) is 24.5 Å². The molecule has 4 N–H and O–H groups in total. The number of aromatic nitrogens is 1. The average molecular weight is 617 g/mol. The van der Waals surface area contributed by atoms with Gasteiger partial charge in [-0.1, -0.05) is 11.2 Å². The summed E-state index contributed by atoms with van der Waals surface area (Å²) in [6.45, 7) is 3.29. The molecule has 2 atom stereocenters. The second-order valence-corrected chi connectivity index (χ2v) is 9.16. The van der Waals surface area contributed by atoms with Gasteiger partial charge in [-0.3, -0.25) is 0 Å². The number of fused-ring (bicyclic) bond motifs is 2. The quantitative estimate of drug-likeness (QED) is 0.341. The van der Waals surface area contributed by atoms with Crippen molar-refractivity contribution in [3.8, 4) is 11.5 Å². The molecule has 2 aliphatic heterocycles. The molecule has 1 aromatic heterocycles. The number of rotatable bonds is 6. The Kier molecular flexibility index (Phi) is 9.56. The van der Waals surface area contributed by atoms with Crippen LogP contribution in [0.4, 0.5) is 4.39 Å². The number of phenolic OH excluding ortho intramolecular Hbond substituents is 2. The lowest BCUT2D eigenvalue weighted by Crippen LogP contribution is -2.42. The maximum absolute atomic E-state index is 13.3. The van der Waals surface area contributed by atoms with Crippen molar-refractivity contribution < 1.29 is 23.9 Å². The Morgan fingerprint density at radius 2 is 1.89 bits per heavy atom. The lowest BCUT2D eigenvalue weighted by Gasteiger charge is -2.40. The number of aryl methyl sites for hydroxylation is 1. The van der Waals surface area contributed by atoms with Crippen LogP contribution >= 0.6 is 34.0 Å². The number of aromatic hydroxyl groups is 2. The van der Waals surface area contributed by atoms with Gasteiger partial charge in [-0.05, 0) is 75.0 Å². The van der Waals surface area contributed by atoms with Crippen LogP contribution in [0.5, 0.6) is 11.5 Å². The standard InChI is InChI=1S/C25H30FN3O4.2BrH/c26-16-3-4-18-20(28-33-23(18)12-16)2-1-9-29-10-7-15(8-11-29)22-13-19-17(24(14-27)32-22)5-6-21(30)25(19)31;;/h3-6,12,15,22,24,30-31H,1-2,7-11,13-14,27H2;2*1H/t22-,24-;;/m0../s1. The monoisotopic (exact) mass is 615 g/mol. The van der Waals surface area contributed by atoms with Crippen molar-refractivity contribution in [2.45, 2.75) is 44.3 Å². The van der Waals surface area contributed by atoms with E-state index in [0.717, 1.165) is 67.5 Å². The van der Waals surface area contributed by atoms with E-state index in [9.17, 15) is 14.6 Å². The lowest BCUT2D eigenvalue weighted by atomic mass is 9.83. The molecule has 3 heterocycles. The second kappa shape index (κ2) is 12.0. The first-order valence-electron chi connectivity index (χ1n) is 11.7. The van der Waals surface area contributed by atoms with Gasteiger partial charge in [-0.15, -0.1) is 34.0 Å². The minimum Gasteiger partial charge on any atom is -0.504 e. The van der Waals surface area contributed by atoms with Crippen molar-refractivity contribution >= 4 is 44.9 Å². The van der Waals surface area contributed by atoms with Gasteiger partial charge >= 0.3 is 0 Å². The molecule has 1 saturated heterocycles. The predicted molar refractivity (Wildman–Crippen MR) is 142 cm³/mol. The third kappa shape index (κ3) is 5.83. The van der Waals surface area contributed by atoms with Gasteiger partial charge in [0.2, 0.25) is 0 Å². The van der Waals surface area contributed by atoms with Crippen LogP contribution in [0.15, 0.2) is 34.9 Å². The number of nitrogens with two attached hydrogens (primary N) is 1. The van der Waals surface area contributed by atoms with Crippen molar-refractivity contribution in [1.29, 1.82) is 0 Å². The minimum absolute atomic E-state index is 0. The molecule has 0 bridgehead atoms. The highest BCUT2D eigenvalue weighted by Crippen LogP contribution is 2.42. The molecule has 2 aromatic carbocycles. The van der Waals surface area contributed by atoms with Crippen molar-refractivity contribution in [1.82, 2.24) is 10.1 Å². The van der Waals surface area contributed by atoms with Gasteiger partial charge in [0.15, 0.2) is 17.1 Å². The van der Waals surface area contributed by atoms with Crippen LogP contribution < -0.4 is 5.73 Å². The number of likely N-dealkylation sites (tertiary alicyclic amines) is 1. The highest BCUT2D eigenvalue weighted by Gasteiger charge is 2.35. The topological polar surface area (TPSA) is 105 Å². The van der Waals surface area contributed by atoms with E-state index in [4.69, 9.17) is 15.0 Å². The van der Waals surface area contributed by atoms with Crippen molar-refractivity contribution in [3.63, 3.8) is 0 Å². The second-order valence-electron chi connectivity index (χ2n) is 9.16. The number of halogens is 3. The summed E-state index contributed by atoms with van der Waals surface area (Å²) in [4.78, 5) is 2.46. The maximum atomic E-state index is 13.3. The normalized spacial score (nSPS) is 20.7. The molecule has 1 fully saturated rings. The first kappa shape index (κ1) is 27.9. The average Bonchev–Trinajstić information content (AvgIpc) is 3.23. The molecule has 0 unspecified atom stereocenters. The van der Waals surface area contributed by atoms with E-state index < -0.39 is 0 Å². The molecule has 0 amide bonds. The summed E-state index contributed by atoms with van der Waals surface area (Å²) in [6, 6.07) is 7.85. The Bertz CT molecular complexity index is 1140. The van der Waals surface area contributed by atoms with E-state index in [1.165, 1.54) is 18.2 Å². The van der Waals surface area contributed by atoms with Crippen LogP contribution in [0, 0.1) is 11.7 Å². The summed E-state index contributed by atoms with van der Waals surface area (Å²) < 4.78 is 24.9. The van der Waals surface area contributed by atoms with Gasteiger partial charge in [-0.25, -0.2) is 4.39 Å². The zero-order valence-electron chi connectivity index (χ0n) is 19.4. The molecule has 0 saturated carbocycles. The van der Waals surface area contributed by atoms with E-state index in [1.807, 2.05) is 0 Å². The largest absolute Gasteiger partial charge is 0.504 e. The zero-order chi connectivity index (χ0) is 22.9. The molecule has 3 aromatic rings. The Hall–Kier alpha value is -1.72. The van der Waals surface area contributed by atoms with Gasteiger partial charge in [0, 0.05) is 30.0 Å². The molecule has 35 heavy (non-hydrogen) atoms. The smallest absolute Gasteiger partial charge is 0.170 e. The molecule has 192 valence electrons.